The van der Waals surface area contributed by atoms with Crippen LogP contribution in [0.2, 0.25) is 0 Å². The number of likely N-dealkylation sites (N-methyl/N-ethyl adjacent to an activating group) is 1. The highest BCUT2D eigenvalue weighted by molar-refractivity contribution is 5.87. The van der Waals surface area contributed by atoms with Gasteiger partial charge in [0.15, 0.2) is 0 Å². The molecule has 0 radical (unpaired) electrons. The summed E-state index contributed by atoms with van der Waals surface area (Å²) in [5.41, 5.74) is 0.331. The second-order valence-electron chi connectivity index (χ2n) is 5.40. The van der Waals surface area contributed by atoms with E-state index in [0.717, 1.165) is 0 Å². The summed E-state index contributed by atoms with van der Waals surface area (Å²) < 4.78 is 0.578. The van der Waals surface area contributed by atoms with Gasteiger partial charge in [-0.1, -0.05) is 18.2 Å². The van der Waals surface area contributed by atoms with Crippen molar-refractivity contribution in [3.05, 3.63) is 35.9 Å². The third kappa shape index (κ3) is 10.0. The molecule has 0 aliphatic rings. The lowest BCUT2D eigenvalue weighted by Crippen LogP contribution is -2.42. The van der Waals surface area contributed by atoms with Crippen molar-refractivity contribution in [1.82, 2.24) is 0 Å². The molecular weight excluding hydrogens is 262 g/mol. The number of aliphatic hydroxyl groups excluding tert-OH is 1. The Hall–Kier alpha value is -1.92. The molecule has 0 aliphatic heterocycles. The summed E-state index contributed by atoms with van der Waals surface area (Å²) in [6, 6.07) is 8.30. The number of benzene rings is 1. The SMILES string of the molecule is C[N+](C)(C)CC(O)CC(=O)O.O=C(O)c1ccccc1. The van der Waals surface area contributed by atoms with Gasteiger partial charge >= 0.3 is 11.9 Å². The normalized spacial score (nSPS) is 12.0. The predicted octanol–water partition coefficient (Wildman–Crippen LogP) is 0.913. The lowest BCUT2D eigenvalue weighted by molar-refractivity contribution is -0.873. The molecule has 1 aromatic carbocycles. The van der Waals surface area contributed by atoms with Crippen molar-refractivity contribution in [2.24, 2.45) is 0 Å². The fourth-order valence-electron chi connectivity index (χ4n) is 1.48. The van der Waals surface area contributed by atoms with Crippen LogP contribution in [-0.2, 0) is 4.79 Å². The Bertz CT molecular complexity index is 425. The minimum absolute atomic E-state index is 0.171. The van der Waals surface area contributed by atoms with Crippen LogP contribution in [0.15, 0.2) is 30.3 Å². The minimum Gasteiger partial charge on any atom is -0.481 e. The number of carboxylic acid groups (broad SMARTS) is 2. The van der Waals surface area contributed by atoms with Crippen molar-refractivity contribution < 1.29 is 29.4 Å². The van der Waals surface area contributed by atoms with E-state index in [2.05, 4.69) is 0 Å². The molecule has 1 unspecified atom stereocenters. The second-order valence-corrected chi connectivity index (χ2v) is 5.40. The predicted molar refractivity (Wildman–Crippen MR) is 74.6 cm³/mol. The number of aromatic carboxylic acids is 1. The number of rotatable bonds is 5. The topological polar surface area (TPSA) is 94.8 Å². The fourth-order valence-corrected chi connectivity index (χ4v) is 1.48. The van der Waals surface area contributed by atoms with Crippen molar-refractivity contribution in [1.29, 1.82) is 0 Å². The molecule has 3 N–H and O–H groups in total. The third-order valence-electron chi connectivity index (χ3n) is 2.19. The van der Waals surface area contributed by atoms with Crippen molar-refractivity contribution in [3.8, 4) is 0 Å². The van der Waals surface area contributed by atoms with Crippen LogP contribution in [0.25, 0.3) is 0 Å². The van der Waals surface area contributed by atoms with E-state index in [1.54, 1.807) is 30.3 Å². The molecule has 1 atom stereocenters. The Morgan fingerprint density at radius 2 is 1.60 bits per heavy atom. The average molecular weight is 284 g/mol. The zero-order valence-electron chi connectivity index (χ0n) is 12.0. The molecule has 0 saturated heterocycles. The number of carbonyl (C=O) groups is 2. The van der Waals surface area contributed by atoms with E-state index >= 15 is 0 Å². The first-order valence-corrected chi connectivity index (χ1v) is 6.10. The lowest BCUT2D eigenvalue weighted by atomic mass is 10.2. The van der Waals surface area contributed by atoms with Crippen LogP contribution in [0.1, 0.15) is 16.8 Å². The van der Waals surface area contributed by atoms with Crippen LogP contribution >= 0.6 is 0 Å². The Morgan fingerprint density at radius 3 is 1.90 bits per heavy atom. The van der Waals surface area contributed by atoms with Crippen LogP contribution < -0.4 is 0 Å². The molecular formula is C14H22NO5+. The summed E-state index contributed by atoms with van der Waals surface area (Å²) >= 11 is 0. The maximum atomic E-state index is 10.2. The largest absolute Gasteiger partial charge is 0.481 e. The first kappa shape index (κ1) is 18.1. The van der Waals surface area contributed by atoms with Gasteiger partial charge in [0, 0.05) is 0 Å². The molecule has 112 valence electrons. The Kier molecular flexibility index (Phi) is 7.49. The lowest BCUT2D eigenvalue weighted by Gasteiger charge is -2.25. The quantitative estimate of drug-likeness (QED) is 0.699. The van der Waals surface area contributed by atoms with E-state index in [0.29, 0.717) is 16.6 Å². The van der Waals surface area contributed by atoms with E-state index in [4.69, 9.17) is 15.3 Å². The molecule has 6 nitrogen and oxygen atoms in total. The zero-order valence-corrected chi connectivity index (χ0v) is 12.0. The monoisotopic (exact) mass is 284 g/mol. The van der Waals surface area contributed by atoms with Gasteiger partial charge in [-0.05, 0) is 12.1 Å². The van der Waals surface area contributed by atoms with Crippen LogP contribution in [0, 0.1) is 0 Å². The summed E-state index contributed by atoms with van der Waals surface area (Å²) in [4.78, 5) is 20.3. The fraction of sp³-hybridized carbons (Fsp3) is 0.429. The number of carboxylic acids is 2. The maximum Gasteiger partial charge on any atom is 0.335 e. The number of quaternary nitrogens is 1. The highest BCUT2D eigenvalue weighted by Gasteiger charge is 2.17. The molecule has 0 bridgehead atoms. The standard InChI is InChI=1S/C7H15NO3.C7H6O2/c1-8(2,3)5-6(9)4-7(10)11;8-7(9)6-4-2-1-3-5-6/h6,9H,4-5H2,1-3H3;1-5H,(H,8,9)/p+1. The van der Waals surface area contributed by atoms with Crippen molar-refractivity contribution in [3.63, 3.8) is 0 Å². The van der Waals surface area contributed by atoms with Gasteiger partial charge in [0.05, 0.1) is 33.1 Å². The molecule has 0 amide bonds. The molecule has 0 aliphatic carbocycles. The second kappa shape index (κ2) is 8.29. The van der Waals surface area contributed by atoms with E-state index in [9.17, 15) is 9.59 Å². The van der Waals surface area contributed by atoms with Gasteiger partial charge in [-0.2, -0.15) is 0 Å². The minimum atomic E-state index is -0.953. The van der Waals surface area contributed by atoms with E-state index < -0.39 is 18.0 Å². The van der Waals surface area contributed by atoms with Crippen LogP contribution in [0.4, 0.5) is 0 Å². The van der Waals surface area contributed by atoms with E-state index in [1.807, 2.05) is 21.1 Å². The number of aliphatic hydroxyl groups is 1. The number of hydrogen-bond acceptors (Lipinski definition) is 3. The van der Waals surface area contributed by atoms with Gasteiger partial charge in [0.1, 0.15) is 12.6 Å². The number of hydrogen-bond donors (Lipinski definition) is 3. The highest BCUT2D eigenvalue weighted by Crippen LogP contribution is 1.98. The highest BCUT2D eigenvalue weighted by atomic mass is 16.4. The molecule has 20 heavy (non-hydrogen) atoms. The van der Waals surface area contributed by atoms with Crippen molar-refractivity contribution in [2.45, 2.75) is 12.5 Å². The molecule has 0 spiro atoms. The summed E-state index contributed by atoms with van der Waals surface area (Å²) in [6.07, 6.45) is -0.914. The van der Waals surface area contributed by atoms with Crippen molar-refractivity contribution >= 4 is 11.9 Å². The van der Waals surface area contributed by atoms with E-state index in [1.165, 1.54) is 0 Å². The van der Waals surface area contributed by atoms with Gasteiger partial charge < -0.3 is 19.8 Å². The Labute approximate surface area is 118 Å². The average Bonchev–Trinajstić information content (AvgIpc) is 2.27. The Morgan fingerprint density at radius 1 is 1.10 bits per heavy atom. The summed E-state index contributed by atoms with van der Waals surface area (Å²) in [5.74, 6) is -1.83. The molecule has 0 aromatic heterocycles. The molecule has 1 rings (SSSR count). The molecule has 0 heterocycles. The van der Waals surface area contributed by atoms with Gasteiger partial charge in [0.25, 0.3) is 0 Å². The number of aliphatic carboxylic acids is 1. The molecule has 6 heteroatoms. The first-order chi connectivity index (χ1) is 9.11. The van der Waals surface area contributed by atoms with Gasteiger partial charge in [-0.3, -0.25) is 4.79 Å². The molecule has 1 aromatic rings. The van der Waals surface area contributed by atoms with Crippen LogP contribution in [-0.4, -0.2) is 65.5 Å². The van der Waals surface area contributed by atoms with Gasteiger partial charge in [-0.25, -0.2) is 4.79 Å². The number of nitrogens with zero attached hydrogens (tertiary/aromatic N) is 1. The van der Waals surface area contributed by atoms with Gasteiger partial charge in [0.2, 0.25) is 0 Å². The first-order valence-electron chi connectivity index (χ1n) is 6.10. The third-order valence-corrected chi connectivity index (χ3v) is 2.19. The van der Waals surface area contributed by atoms with Gasteiger partial charge in [-0.15, -0.1) is 0 Å². The molecule has 0 fully saturated rings. The van der Waals surface area contributed by atoms with Crippen LogP contribution in [0.3, 0.4) is 0 Å². The summed E-state index contributed by atoms with van der Waals surface area (Å²) in [5, 5.41) is 25.9. The zero-order chi connectivity index (χ0) is 15.8. The summed E-state index contributed by atoms with van der Waals surface area (Å²) in [7, 11) is 5.72. The molecule has 0 saturated carbocycles. The smallest absolute Gasteiger partial charge is 0.335 e. The van der Waals surface area contributed by atoms with Crippen molar-refractivity contribution in [2.75, 3.05) is 27.7 Å². The van der Waals surface area contributed by atoms with E-state index in [-0.39, 0.29) is 6.42 Å². The summed E-state index contributed by atoms with van der Waals surface area (Å²) in [6.45, 7) is 0.465. The maximum absolute atomic E-state index is 10.2. The Balaban J connectivity index is 0.000000367. The van der Waals surface area contributed by atoms with Crippen LogP contribution in [0.5, 0.6) is 0 Å².